The van der Waals surface area contributed by atoms with Gasteiger partial charge in [-0.25, -0.2) is 0 Å². The van der Waals surface area contributed by atoms with Crippen LogP contribution in [0.4, 0.5) is 11.4 Å². The van der Waals surface area contributed by atoms with E-state index < -0.39 is 11.0 Å². The van der Waals surface area contributed by atoms with Gasteiger partial charge in [-0.1, -0.05) is 0 Å². The number of furan rings is 1. The van der Waals surface area contributed by atoms with Gasteiger partial charge < -0.3 is 19.4 Å². The lowest BCUT2D eigenvalue weighted by Crippen LogP contribution is -2.54. The number of carbonyl (C=O) groups is 2. The number of hydrogen-bond acceptors (Lipinski definition) is 7. The molecule has 2 amide bonds. The fourth-order valence-electron chi connectivity index (χ4n) is 3.18. The quantitative estimate of drug-likeness (QED) is 0.580. The zero-order valence-electron chi connectivity index (χ0n) is 16.2. The first-order chi connectivity index (χ1) is 13.9. The van der Waals surface area contributed by atoms with Crippen molar-refractivity contribution >= 4 is 23.2 Å². The smallest absolute Gasteiger partial charge is 0.289 e. The monoisotopic (exact) mass is 402 g/mol. The molecule has 0 unspecified atom stereocenters. The van der Waals surface area contributed by atoms with Gasteiger partial charge >= 0.3 is 0 Å². The Kier molecular flexibility index (Phi) is 6.13. The van der Waals surface area contributed by atoms with Crippen LogP contribution in [0.2, 0.25) is 0 Å². The van der Waals surface area contributed by atoms with Crippen molar-refractivity contribution in [3.8, 4) is 5.75 Å². The average molecular weight is 402 g/mol. The molecule has 1 aliphatic heterocycles. The molecule has 2 heterocycles. The molecule has 1 aromatic carbocycles. The number of nitro groups is 1. The van der Waals surface area contributed by atoms with E-state index in [1.807, 2.05) is 4.90 Å². The van der Waals surface area contributed by atoms with Gasteiger partial charge in [0.1, 0.15) is 5.75 Å². The predicted octanol–water partition coefficient (Wildman–Crippen LogP) is 1.98. The first kappa shape index (κ1) is 20.3. The van der Waals surface area contributed by atoms with Crippen molar-refractivity contribution in [3.05, 3.63) is 52.5 Å². The number of nitrogens with one attached hydrogen (secondary N) is 1. The molecule has 2 aromatic rings. The van der Waals surface area contributed by atoms with Crippen molar-refractivity contribution in [1.29, 1.82) is 0 Å². The fourth-order valence-corrected chi connectivity index (χ4v) is 3.18. The van der Waals surface area contributed by atoms with Crippen molar-refractivity contribution in [2.75, 3.05) is 38.6 Å². The molecule has 0 saturated carbocycles. The van der Waals surface area contributed by atoms with Gasteiger partial charge in [0, 0.05) is 38.3 Å². The number of nitro benzene ring substituents is 1. The van der Waals surface area contributed by atoms with E-state index in [2.05, 4.69) is 5.32 Å². The van der Waals surface area contributed by atoms with Gasteiger partial charge in [-0.05, 0) is 25.1 Å². The Balaban J connectivity index is 1.61. The molecule has 10 heteroatoms. The predicted molar refractivity (Wildman–Crippen MR) is 104 cm³/mol. The summed E-state index contributed by atoms with van der Waals surface area (Å²) in [6.45, 7) is 3.73. The third-order valence-electron chi connectivity index (χ3n) is 4.91. The Bertz CT molecular complexity index is 890. The number of amides is 2. The Morgan fingerprint density at radius 2 is 1.97 bits per heavy atom. The van der Waals surface area contributed by atoms with E-state index >= 15 is 0 Å². The molecule has 10 nitrogen and oxygen atoms in total. The van der Waals surface area contributed by atoms with Crippen LogP contribution in [-0.4, -0.2) is 65.9 Å². The largest absolute Gasteiger partial charge is 0.495 e. The molecule has 1 aromatic heterocycles. The molecular weight excluding hydrogens is 380 g/mol. The van der Waals surface area contributed by atoms with Gasteiger partial charge in [0.25, 0.3) is 11.6 Å². The van der Waals surface area contributed by atoms with Crippen LogP contribution in [0.25, 0.3) is 0 Å². The number of benzene rings is 1. The highest BCUT2D eigenvalue weighted by Crippen LogP contribution is 2.29. The minimum absolute atomic E-state index is 0.140. The summed E-state index contributed by atoms with van der Waals surface area (Å²) < 4.78 is 10.3. The maximum absolute atomic E-state index is 12.7. The summed E-state index contributed by atoms with van der Waals surface area (Å²) in [6, 6.07) is 6.82. The SMILES string of the molecule is COc1ccc([N+](=O)[O-])cc1NC(=O)[C@H](C)N1CCN(C(=O)c2ccco2)CC1. The maximum atomic E-state index is 12.7. The number of hydrogen-bond donors (Lipinski definition) is 1. The van der Waals surface area contributed by atoms with E-state index in [-0.39, 0.29) is 23.2 Å². The molecular formula is C19H22N4O6. The summed E-state index contributed by atoms with van der Waals surface area (Å²) >= 11 is 0. The number of carbonyl (C=O) groups excluding carboxylic acids is 2. The average Bonchev–Trinajstić information content (AvgIpc) is 3.27. The second kappa shape index (κ2) is 8.74. The number of piperazine rings is 1. The molecule has 154 valence electrons. The molecule has 1 aliphatic rings. The van der Waals surface area contributed by atoms with Crippen LogP contribution in [0.3, 0.4) is 0 Å². The second-order valence-corrected chi connectivity index (χ2v) is 6.61. The van der Waals surface area contributed by atoms with E-state index in [1.54, 1.807) is 24.0 Å². The molecule has 0 radical (unpaired) electrons. The van der Waals surface area contributed by atoms with E-state index in [0.717, 1.165) is 0 Å². The van der Waals surface area contributed by atoms with Gasteiger partial charge in [-0.15, -0.1) is 0 Å². The minimum Gasteiger partial charge on any atom is -0.495 e. The van der Waals surface area contributed by atoms with Gasteiger partial charge in [-0.2, -0.15) is 0 Å². The number of non-ortho nitro benzene ring substituents is 1. The molecule has 3 rings (SSSR count). The first-order valence-corrected chi connectivity index (χ1v) is 9.11. The highest BCUT2D eigenvalue weighted by molar-refractivity contribution is 5.96. The fraction of sp³-hybridized carbons (Fsp3) is 0.368. The molecule has 0 spiro atoms. The standard InChI is InChI=1S/C19H22N4O6/c1-13(18(24)20-15-12-14(23(26)27)5-6-16(15)28-2)21-7-9-22(10-8-21)19(25)17-4-3-11-29-17/h3-6,11-13H,7-10H2,1-2H3,(H,20,24)/t13-/m0/s1. The summed E-state index contributed by atoms with van der Waals surface area (Å²) in [5.41, 5.74) is 0.101. The van der Waals surface area contributed by atoms with Gasteiger partial charge in [-0.3, -0.25) is 24.6 Å². The highest BCUT2D eigenvalue weighted by Gasteiger charge is 2.29. The Morgan fingerprint density at radius 1 is 1.24 bits per heavy atom. The van der Waals surface area contributed by atoms with Gasteiger partial charge in [0.05, 0.1) is 30.0 Å². The lowest BCUT2D eigenvalue weighted by Gasteiger charge is -2.37. The first-order valence-electron chi connectivity index (χ1n) is 9.11. The lowest BCUT2D eigenvalue weighted by molar-refractivity contribution is -0.384. The van der Waals surface area contributed by atoms with Crippen LogP contribution in [0.1, 0.15) is 17.5 Å². The number of anilines is 1. The second-order valence-electron chi connectivity index (χ2n) is 6.61. The molecule has 0 aliphatic carbocycles. The van der Waals surface area contributed by atoms with Crippen molar-refractivity contribution < 1.29 is 23.7 Å². The van der Waals surface area contributed by atoms with Crippen LogP contribution >= 0.6 is 0 Å². The third kappa shape index (κ3) is 4.54. The number of methoxy groups -OCH3 is 1. The molecule has 1 N–H and O–H groups in total. The summed E-state index contributed by atoms with van der Waals surface area (Å²) in [5.74, 6) is 0.148. The zero-order chi connectivity index (χ0) is 21.0. The molecule has 1 atom stereocenters. The number of nitrogens with zero attached hydrogens (tertiary/aromatic N) is 3. The van der Waals surface area contributed by atoms with Gasteiger partial charge in [0.15, 0.2) is 5.76 Å². The van der Waals surface area contributed by atoms with E-state index in [1.165, 1.54) is 31.6 Å². The van der Waals surface area contributed by atoms with Crippen LogP contribution in [0.5, 0.6) is 5.75 Å². The molecule has 1 saturated heterocycles. The summed E-state index contributed by atoms with van der Waals surface area (Å²) in [6.07, 6.45) is 1.46. The Hall–Kier alpha value is -3.40. The van der Waals surface area contributed by atoms with Crippen LogP contribution in [0.15, 0.2) is 41.0 Å². The summed E-state index contributed by atoms with van der Waals surface area (Å²) in [7, 11) is 1.43. The van der Waals surface area contributed by atoms with Crippen molar-refractivity contribution in [2.24, 2.45) is 0 Å². The number of ether oxygens (including phenoxy) is 1. The van der Waals surface area contributed by atoms with Crippen molar-refractivity contribution in [3.63, 3.8) is 0 Å². The highest BCUT2D eigenvalue weighted by atomic mass is 16.6. The van der Waals surface area contributed by atoms with E-state index in [4.69, 9.17) is 9.15 Å². The van der Waals surface area contributed by atoms with E-state index in [9.17, 15) is 19.7 Å². The Labute approximate surface area is 167 Å². The van der Waals surface area contributed by atoms with Gasteiger partial charge in [0.2, 0.25) is 5.91 Å². The zero-order valence-corrected chi connectivity index (χ0v) is 16.2. The van der Waals surface area contributed by atoms with Crippen molar-refractivity contribution in [2.45, 2.75) is 13.0 Å². The summed E-state index contributed by atoms with van der Waals surface area (Å²) in [5, 5.41) is 13.7. The number of rotatable bonds is 6. The third-order valence-corrected chi connectivity index (χ3v) is 4.91. The van der Waals surface area contributed by atoms with Crippen molar-refractivity contribution in [1.82, 2.24) is 9.80 Å². The molecule has 29 heavy (non-hydrogen) atoms. The van der Waals surface area contributed by atoms with Crippen LogP contribution < -0.4 is 10.1 Å². The Morgan fingerprint density at radius 3 is 2.55 bits per heavy atom. The normalized spacial score (nSPS) is 15.6. The summed E-state index contributed by atoms with van der Waals surface area (Å²) in [4.78, 5) is 39.1. The topological polar surface area (TPSA) is 118 Å². The van der Waals surface area contributed by atoms with Crippen LogP contribution in [-0.2, 0) is 4.79 Å². The minimum atomic E-state index is -0.534. The molecule has 0 bridgehead atoms. The van der Waals surface area contributed by atoms with E-state index in [0.29, 0.717) is 37.7 Å². The molecule has 1 fully saturated rings. The maximum Gasteiger partial charge on any atom is 0.289 e. The lowest BCUT2D eigenvalue weighted by atomic mass is 10.2. The van der Waals surface area contributed by atoms with Crippen LogP contribution in [0, 0.1) is 10.1 Å².